The Balaban J connectivity index is 0.000000108. The maximum atomic E-state index is 4.61. The summed E-state index contributed by atoms with van der Waals surface area (Å²) in [6.45, 7) is 8.77. The van der Waals surface area contributed by atoms with Crippen LogP contribution in [0, 0.1) is 0 Å². The highest BCUT2D eigenvalue weighted by Gasteiger charge is 2.23. The third kappa shape index (κ3) is 16.3. The number of aryl methyl sites for hydroxylation is 4. The summed E-state index contributed by atoms with van der Waals surface area (Å²) in [7, 11) is 7.65. The number of aromatic nitrogens is 20. The molecule has 20 rings (SSSR count). The molecule has 0 aliphatic carbocycles. The lowest BCUT2D eigenvalue weighted by molar-refractivity contribution is 0.460. The van der Waals surface area contributed by atoms with Crippen LogP contribution in [0.4, 0.5) is 46.0 Å². The van der Waals surface area contributed by atoms with Crippen molar-refractivity contribution in [3.8, 4) is 45.0 Å². The molecule has 0 bridgehead atoms. The quantitative estimate of drug-likeness (QED) is 0.0446. The summed E-state index contributed by atoms with van der Waals surface area (Å²) in [5, 5.41) is 44.6. The number of imidazole rings is 4. The highest BCUT2D eigenvalue weighted by Crippen LogP contribution is 2.35. The van der Waals surface area contributed by atoms with Gasteiger partial charge in [-0.3, -0.25) is 36.3 Å². The zero-order valence-corrected chi connectivity index (χ0v) is 63.4. The number of nitrogens with zero attached hydrogens (tertiary/aromatic N) is 20. The zero-order chi connectivity index (χ0) is 75.7. The van der Waals surface area contributed by atoms with Crippen molar-refractivity contribution < 1.29 is 0 Å². The Morgan fingerprint density at radius 1 is 0.304 bits per heavy atom. The number of nitrogens with one attached hydrogen (secondary N) is 8. The van der Waals surface area contributed by atoms with Crippen LogP contribution in [0.3, 0.4) is 0 Å². The predicted octanol–water partition coefficient (Wildman–Crippen LogP) is 13.4. The number of benzene rings is 4. The average molecular weight is 1490 g/mol. The van der Waals surface area contributed by atoms with Gasteiger partial charge in [0.05, 0.1) is 72.4 Å². The van der Waals surface area contributed by atoms with Crippen molar-refractivity contribution in [2.75, 3.05) is 73.6 Å². The molecular weight excluding hydrogens is 1400 g/mol. The molecule has 0 saturated carbocycles. The highest BCUT2D eigenvalue weighted by molar-refractivity contribution is 5.78. The number of hydrogen-bond donors (Lipinski definition) is 8. The molecule has 4 saturated heterocycles. The monoisotopic (exact) mass is 1490 g/mol. The molecule has 2 atom stereocenters. The van der Waals surface area contributed by atoms with E-state index in [1.807, 2.05) is 145 Å². The third-order valence-electron chi connectivity index (χ3n) is 21.5. The number of anilines is 8. The fourth-order valence-corrected chi connectivity index (χ4v) is 15.6. The van der Waals surface area contributed by atoms with E-state index in [0.29, 0.717) is 23.7 Å². The zero-order valence-electron chi connectivity index (χ0n) is 63.4. The summed E-state index contributed by atoms with van der Waals surface area (Å²) < 4.78 is 15.3. The van der Waals surface area contributed by atoms with Gasteiger partial charge in [0.25, 0.3) is 0 Å². The number of rotatable bonds is 16. The minimum absolute atomic E-state index is 0.572. The Hall–Kier alpha value is -12.8. The van der Waals surface area contributed by atoms with Gasteiger partial charge in [-0.1, -0.05) is 48.5 Å². The summed E-state index contributed by atoms with van der Waals surface area (Å²) >= 11 is 0. The molecule has 568 valence electrons. The Labute approximate surface area is 648 Å². The molecule has 16 aromatic rings. The first-order valence-electron chi connectivity index (χ1n) is 38.7. The van der Waals surface area contributed by atoms with Crippen molar-refractivity contribution in [2.45, 2.75) is 75.0 Å². The molecule has 0 amide bonds. The lowest BCUT2D eigenvalue weighted by Crippen LogP contribution is -2.28. The van der Waals surface area contributed by atoms with Crippen LogP contribution in [0.5, 0.6) is 0 Å². The van der Waals surface area contributed by atoms with E-state index in [1.54, 1.807) is 43.5 Å². The maximum absolute atomic E-state index is 4.61. The standard InChI is InChI=1S/4C21H23N7/c1-27-14-17(12-25-27)19-13-24-21-20(23-10-11-28(19)21)26-18-4-2-15(3-5-18)16-6-8-22-9-7-16;1-27-14-17(12-25-27)19-13-24-21-20(23-8-9-28(19)21)26-18-6-2-4-15(10-18)16-5-3-7-22-11-16;1-27-14-17(12-25-27)19-13-24-21-20(23-9-10-28(19)21)26-18-6-4-15(5-7-18)16-3-2-8-22-11-16;1-27-14-17(12-25-27)19-13-24-21-20(23-9-10-28(19)21)26-18-4-2-3-16(11-18)15-5-7-22-8-6-15/h2-5,10-14,16,22H,6-9H2,1H3,(H,23,26);2,4,6,8-10,12-14,16,22H,3,5,7,11H2,1H3,(H,23,26);4-7,9-10,12-14,16,22H,2-3,8,11H2,1H3,(H,23,26);2-4,9-15,22H,5-8H2,1H3,(H,23,26). The first-order chi connectivity index (χ1) is 55.1. The average Bonchev–Trinajstić information content (AvgIpc) is 1.74. The highest BCUT2D eigenvalue weighted by atomic mass is 15.3. The fourth-order valence-electron chi connectivity index (χ4n) is 15.6. The van der Waals surface area contributed by atoms with Gasteiger partial charge in [-0.05, 0) is 185 Å². The van der Waals surface area contributed by atoms with E-state index in [0.717, 1.165) is 166 Å². The van der Waals surface area contributed by atoms with Crippen LogP contribution < -0.4 is 42.5 Å². The van der Waals surface area contributed by atoms with Gasteiger partial charge < -0.3 is 42.5 Å². The SMILES string of the molecule is Cn1cc(-c2cnc3c(Nc4ccc(C5CCCNC5)cc4)nccn23)cn1.Cn1cc(-c2cnc3c(Nc4ccc(C5CCNCC5)cc4)nccn23)cn1.Cn1cc(-c2cnc3c(Nc4cccc(C5CCCNC5)c4)nccn23)cn1.Cn1cc(-c2cnc3c(Nc4cccc(C5CCNCC5)c4)nccn23)cn1. The van der Waals surface area contributed by atoms with E-state index in [9.17, 15) is 0 Å². The van der Waals surface area contributed by atoms with E-state index in [-0.39, 0.29) is 0 Å². The second-order valence-electron chi connectivity index (χ2n) is 29.2. The second-order valence-corrected chi connectivity index (χ2v) is 29.2. The lowest BCUT2D eigenvalue weighted by atomic mass is 9.90. The molecule has 0 spiro atoms. The van der Waals surface area contributed by atoms with Gasteiger partial charge in [0.15, 0.2) is 45.9 Å². The maximum Gasteiger partial charge on any atom is 0.180 e. The fraction of sp³-hybridized carbons (Fsp3) is 0.286. The number of piperidine rings is 4. The van der Waals surface area contributed by atoms with Crippen LogP contribution in [0.1, 0.15) is 97.3 Å². The molecule has 4 aromatic carbocycles. The topological polar surface area (TPSA) is 288 Å². The largest absolute Gasteiger partial charge is 0.337 e. The van der Waals surface area contributed by atoms with Gasteiger partial charge in [0.2, 0.25) is 0 Å². The molecule has 112 heavy (non-hydrogen) atoms. The van der Waals surface area contributed by atoms with E-state index in [2.05, 4.69) is 200 Å². The van der Waals surface area contributed by atoms with Crippen molar-refractivity contribution >= 4 is 68.6 Å². The van der Waals surface area contributed by atoms with Crippen molar-refractivity contribution in [1.82, 2.24) is 118 Å². The summed E-state index contributed by atoms with van der Waals surface area (Å²) in [5.74, 6) is 5.44. The van der Waals surface area contributed by atoms with Crippen molar-refractivity contribution in [3.63, 3.8) is 0 Å². The van der Waals surface area contributed by atoms with Gasteiger partial charge in [-0.15, -0.1) is 0 Å². The molecule has 28 heteroatoms. The predicted molar refractivity (Wildman–Crippen MR) is 439 cm³/mol. The smallest absolute Gasteiger partial charge is 0.180 e. The molecule has 4 fully saturated rings. The van der Waals surface area contributed by atoms with Crippen LogP contribution in [-0.4, -0.2) is 149 Å². The number of hydrogen-bond acceptors (Lipinski definition) is 20. The molecule has 0 radical (unpaired) electrons. The minimum Gasteiger partial charge on any atom is -0.337 e. The molecule has 12 aromatic heterocycles. The van der Waals surface area contributed by atoms with Gasteiger partial charge >= 0.3 is 0 Å². The lowest BCUT2D eigenvalue weighted by Gasteiger charge is -2.23. The van der Waals surface area contributed by atoms with E-state index < -0.39 is 0 Å². The first kappa shape index (κ1) is 72.1. The van der Waals surface area contributed by atoms with Gasteiger partial charge in [-0.25, -0.2) is 39.9 Å². The molecule has 4 aliphatic rings. The third-order valence-corrected chi connectivity index (χ3v) is 21.5. The molecule has 4 aliphatic heterocycles. The molecule has 8 N–H and O–H groups in total. The summed E-state index contributed by atoms with van der Waals surface area (Å²) in [6.07, 6.45) is 47.4. The molecule has 28 nitrogen and oxygen atoms in total. The Morgan fingerprint density at radius 2 is 0.616 bits per heavy atom. The van der Waals surface area contributed by atoms with Crippen LogP contribution in [-0.2, 0) is 28.2 Å². The molecule has 2 unspecified atom stereocenters. The van der Waals surface area contributed by atoms with E-state index >= 15 is 0 Å². The first-order valence-corrected chi connectivity index (χ1v) is 38.7. The minimum atomic E-state index is 0.572. The van der Waals surface area contributed by atoms with Crippen LogP contribution in [0.2, 0.25) is 0 Å². The van der Waals surface area contributed by atoms with Gasteiger partial charge in [0.1, 0.15) is 0 Å². The summed E-state index contributed by atoms with van der Waals surface area (Å²) in [6, 6.07) is 34.7. The summed E-state index contributed by atoms with van der Waals surface area (Å²) in [4.78, 5) is 36.4. The second kappa shape index (κ2) is 33.2. The normalized spacial score (nSPS) is 16.1. The van der Waals surface area contributed by atoms with Gasteiger partial charge in [0, 0.05) is 161 Å². The molecular formula is C84H92N28. The number of fused-ring (bicyclic) bond motifs is 4. The molecule has 16 heterocycles. The van der Waals surface area contributed by atoms with Gasteiger partial charge in [-0.2, -0.15) is 20.4 Å². The summed E-state index contributed by atoms with van der Waals surface area (Å²) in [5.41, 5.74) is 20.9. The van der Waals surface area contributed by atoms with Crippen LogP contribution >= 0.6 is 0 Å². The Morgan fingerprint density at radius 3 is 0.938 bits per heavy atom. The van der Waals surface area contributed by atoms with Crippen molar-refractivity contribution in [2.24, 2.45) is 28.2 Å². The van der Waals surface area contributed by atoms with Crippen molar-refractivity contribution in [1.29, 1.82) is 0 Å². The van der Waals surface area contributed by atoms with E-state index in [4.69, 9.17) is 0 Å². The van der Waals surface area contributed by atoms with Crippen LogP contribution in [0.25, 0.3) is 67.6 Å². The van der Waals surface area contributed by atoms with E-state index in [1.165, 1.54) is 73.6 Å². The van der Waals surface area contributed by atoms with Crippen LogP contribution in [0.15, 0.2) is 221 Å². The Kier molecular flexibility index (Phi) is 21.4. The van der Waals surface area contributed by atoms with Crippen molar-refractivity contribution in [3.05, 3.63) is 243 Å². The Bertz CT molecular complexity index is 5450.